The molecule has 32 heavy (non-hydrogen) atoms. The number of benzene rings is 3. The summed E-state index contributed by atoms with van der Waals surface area (Å²) in [6.07, 6.45) is 1.85. The number of anilines is 2. The summed E-state index contributed by atoms with van der Waals surface area (Å²) < 4.78 is 2.04. The summed E-state index contributed by atoms with van der Waals surface area (Å²) >= 11 is 7.22. The Morgan fingerprint density at radius 3 is 2.38 bits per heavy atom. The number of nitrogens with zero attached hydrogens (tertiary/aromatic N) is 1. The maximum atomic E-state index is 13.7. The van der Waals surface area contributed by atoms with E-state index in [1.165, 1.54) is 5.56 Å². The second-order valence-corrected chi connectivity index (χ2v) is 10.1. The van der Waals surface area contributed by atoms with Crippen LogP contribution in [0.4, 0.5) is 11.4 Å². The number of carbonyl (C=O) groups is 1. The molecule has 0 saturated carbocycles. The Balaban J connectivity index is 1.75. The van der Waals surface area contributed by atoms with Gasteiger partial charge in [-0.25, -0.2) is 0 Å². The highest BCUT2D eigenvalue weighted by molar-refractivity contribution is 9.11. The van der Waals surface area contributed by atoms with Gasteiger partial charge < -0.3 is 10.2 Å². The molecule has 0 unspecified atom stereocenters. The van der Waals surface area contributed by atoms with Gasteiger partial charge in [-0.2, -0.15) is 0 Å². The van der Waals surface area contributed by atoms with Crippen LogP contribution in [-0.2, 0) is 6.42 Å². The van der Waals surface area contributed by atoms with E-state index in [-0.39, 0.29) is 23.9 Å². The summed E-state index contributed by atoms with van der Waals surface area (Å²) in [5.41, 5.74) is 5.17. The fraction of sp³-hybridized carbons (Fsp3) is 0.296. The van der Waals surface area contributed by atoms with E-state index >= 15 is 0 Å². The van der Waals surface area contributed by atoms with Gasteiger partial charge >= 0.3 is 0 Å². The van der Waals surface area contributed by atoms with Gasteiger partial charge in [-0.05, 0) is 76.3 Å². The number of amides is 1. The van der Waals surface area contributed by atoms with Gasteiger partial charge in [-0.3, -0.25) is 4.79 Å². The predicted molar refractivity (Wildman–Crippen MR) is 141 cm³/mol. The molecule has 0 aromatic heterocycles. The second-order valence-electron chi connectivity index (χ2n) is 8.37. The van der Waals surface area contributed by atoms with Crippen LogP contribution in [0.25, 0.3) is 0 Å². The molecule has 0 bridgehead atoms. The summed E-state index contributed by atoms with van der Waals surface area (Å²) in [5, 5.41) is 3.76. The van der Waals surface area contributed by atoms with Crippen LogP contribution >= 0.6 is 31.9 Å². The molecule has 0 saturated heterocycles. The maximum Gasteiger partial charge on any atom is 0.258 e. The average Bonchev–Trinajstić information content (AvgIpc) is 2.81. The van der Waals surface area contributed by atoms with E-state index in [4.69, 9.17) is 0 Å². The first-order valence-corrected chi connectivity index (χ1v) is 12.8. The highest BCUT2D eigenvalue weighted by atomic mass is 79.9. The number of carbonyl (C=O) groups excluding carboxylic acids is 1. The van der Waals surface area contributed by atoms with E-state index in [1.807, 2.05) is 29.2 Å². The van der Waals surface area contributed by atoms with E-state index in [0.29, 0.717) is 0 Å². The monoisotopic (exact) mass is 554 g/mol. The Kier molecular flexibility index (Phi) is 7.06. The number of hydrogen-bond acceptors (Lipinski definition) is 2. The minimum Gasteiger partial charge on any atom is -0.377 e. The van der Waals surface area contributed by atoms with Crippen molar-refractivity contribution in [3.05, 3.63) is 92.4 Å². The van der Waals surface area contributed by atoms with Crippen LogP contribution in [0.15, 0.2) is 75.7 Å². The topological polar surface area (TPSA) is 32.3 Å². The van der Waals surface area contributed by atoms with Gasteiger partial charge in [0.25, 0.3) is 5.91 Å². The Bertz CT molecular complexity index is 1110. The lowest BCUT2D eigenvalue weighted by Crippen LogP contribution is -2.50. The van der Waals surface area contributed by atoms with E-state index in [9.17, 15) is 4.79 Å². The molecular weight excluding hydrogens is 528 g/mol. The molecule has 0 fully saturated rings. The largest absolute Gasteiger partial charge is 0.377 e. The number of rotatable bonds is 5. The fourth-order valence-corrected chi connectivity index (χ4v) is 5.87. The van der Waals surface area contributed by atoms with Crippen molar-refractivity contribution in [1.29, 1.82) is 0 Å². The number of fused-ring (bicyclic) bond motifs is 1. The third-order valence-electron chi connectivity index (χ3n) is 6.48. The number of aryl methyl sites for hydroxylation is 1. The van der Waals surface area contributed by atoms with Crippen molar-refractivity contribution in [2.45, 2.75) is 45.7 Å². The number of nitrogens with one attached hydrogen (secondary N) is 1. The smallest absolute Gasteiger partial charge is 0.258 e. The van der Waals surface area contributed by atoms with Gasteiger partial charge in [0.15, 0.2) is 0 Å². The van der Waals surface area contributed by atoms with Crippen LogP contribution in [0.2, 0.25) is 0 Å². The van der Waals surface area contributed by atoms with Crippen molar-refractivity contribution in [3.63, 3.8) is 0 Å². The molecule has 1 N–H and O–H groups in total. The summed E-state index contributed by atoms with van der Waals surface area (Å²) in [7, 11) is 0. The van der Waals surface area contributed by atoms with E-state index in [0.717, 1.165) is 44.3 Å². The van der Waals surface area contributed by atoms with Crippen LogP contribution in [0, 0.1) is 5.92 Å². The molecule has 1 aliphatic rings. The first kappa shape index (κ1) is 23.1. The zero-order valence-electron chi connectivity index (χ0n) is 18.6. The van der Waals surface area contributed by atoms with Crippen molar-refractivity contribution >= 4 is 49.1 Å². The molecule has 0 radical (unpaired) electrons. The van der Waals surface area contributed by atoms with Crippen molar-refractivity contribution < 1.29 is 4.79 Å². The van der Waals surface area contributed by atoms with Gasteiger partial charge in [-0.1, -0.05) is 67.0 Å². The van der Waals surface area contributed by atoms with Gasteiger partial charge in [0, 0.05) is 37.8 Å². The molecule has 5 heteroatoms. The van der Waals surface area contributed by atoms with Gasteiger partial charge in [0.05, 0.1) is 6.04 Å². The summed E-state index contributed by atoms with van der Waals surface area (Å²) in [4.78, 5) is 15.7. The third kappa shape index (κ3) is 4.38. The van der Waals surface area contributed by atoms with Crippen LogP contribution in [0.3, 0.4) is 0 Å². The van der Waals surface area contributed by atoms with E-state index in [2.05, 4.69) is 100 Å². The zero-order chi connectivity index (χ0) is 22.8. The Hall–Kier alpha value is -2.11. The van der Waals surface area contributed by atoms with Crippen LogP contribution in [0.1, 0.15) is 54.7 Å². The Morgan fingerprint density at radius 1 is 1.00 bits per heavy atom. The molecule has 3 nitrogen and oxygen atoms in total. The Labute approximate surface area is 207 Å². The molecule has 0 spiro atoms. The lowest BCUT2D eigenvalue weighted by Gasteiger charge is -2.45. The number of para-hydroxylation sites is 1. The summed E-state index contributed by atoms with van der Waals surface area (Å²) in [6, 6.07) is 22.7. The molecule has 3 aromatic rings. The van der Waals surface area contributed by atoms with Crippen LogP contribution in [0.5, 0.6) is 0 Å². The molecule has 166 valence electrons. The first-order chi connectivity index (χ1) is 15.4. The van der Waals surface area contributed by atoms with Crippen molar-refractivity contribution in [1.82, 2.24) is 0 Å². The van der Waals surface area contributed by atoms with Gasteiger partial charge in [0.1, 0.15) is 0 Å². The molecule has 1 heterocycles. The Morgan fingerprint density at radius 2 is 1.72 bits per heavy atom. The first-order valence-electron chi connectivity index (χ1n) is 11.2. The van der Waals surface area contributed by atoms with Gasteiger partial charge in [0.2, 0.25) is 0 Å². The minimum absolute atomic E-state index is 0.0714. The van der Waals surface area contributed by atoms with Crippen LogP contribution in [-0.4, -0.2) is 11.9 Å². The minimum atomic E-state index is 0.0714. The van der Waals surface area contributed by atoms with Crippen molar-refractivity contribution in [3.8, 4) is 0 Å². The van der Waals surface area contributed by atoms with E-state index in [1.54, 1.807) is 0 Å². The molecule has 3 aromatic carbocycles. The standard InChI is InChI=1S/C27H28Br2N2O/c1-4-18-10-12-19(13-11-18)27(32)31-24(5-2)17(3)26(21-8-6-7-9-25(21)31)30-23-15-14-20(28)16-22(23)29/h6-17,24,26,30H,4-5H2,1-3H3/t17-,24-,26+/m0/s1. The van der Waals surface area contributed by atoms with Crippen LogP contribution < -0.4 is 10.2 Å². The highest BCUT2D eigenvalue weighted by Crippen LogP contribution is 2.44. The summed E-state index contributed by atoms with van der Waals surface area (Å²) in [5.74, 6) is 0.298. The molecular formula is C27H28Br2N2O. The lowest BCUT2D eigenvalue weighted by molar-refractivity contribution is 0.0960. The van der Waals surface area contributed by atoms with E-state index < -0.39 is 0 Å². The zero-order valence-corrected chi connectivity index (χ0v) is 21.8. The predicted octanol–water partition coefficient (Wildman–Crippen LogP) is 8.00. The van der Waals surface area contributed by atoms with Gasteiger partial charge in [-0.15, -0.1) is 0 Å². The molecule has 1 amide bonds. The fourth-order valence-electron chi connectivity index (χ4n) is 4.71. The molecule has 0 aliphatic carbocycles. The molecule has 1 aliphatic heterocycles. The lowest BCUT2D eigenvalue weighted by atomic mass is 9.80. The summed E-state index contributed by atoms with van der Waals surface area (Å²) in [6.45, 7) is 6.54. The second kappa shape index (κ2) is 9.80. The number of halogens is 2. The molecule has 3 atom stereocenters. The maximum absolute atomic E-state index is 13.7. The van der Waals surface area contributed by atoms with Crippen molar-refractivity contribution in [2.75, 3.05) is 10.2 Å². The SMILES string of the molecule is CCc1ccc(C(=O)N2c3ccccc3[C@H](Nc3ccc(Br)cc3Br)[C@@H](C)[C@@H]2CC)cc1. The quantitative estimate of drug-likeness (QED) is 0.346. The third-order valence-corrected chi connectivity index (χ3v) is 7.63. The normalized spacial score (nSPS) is 20.0. The van der Waals surface area contributed by atoms with Crippen molar-refractivity contribution in [2.24, 2.45) is 5.92 Å². The highest BCUT2D eigenvalue weighted by Gasteiger charge is 2.40. The number of hydrogen-bond donors (Lipinski definition) is 1. The molecule has 4 rings (SSSR count). The average molecular weight is 556 g/mol.